The third-order valence-electron chi connectivity index (χ3n) is 1.67. The number of hydrogen-bond acceptors (Lipinski definition) is 1. The van der Waals surface area contributed by atoms with Crippen molar-refractivity contribution in [1.82, 2.24) is 0 Å². The topological polar surface area (TPSA) is 12.0 Å². The largest absolute Gasteiger partial charge is 0.482 e. The van der Waals surface area contributed by atoms with Crippen LogP contribution in [0.2, 0.25) is 0 Å². The highest BCUT2D eigenvalue weighted by molar-refractivity contribution is 5.51. The van der Waals surface area contributed by atoms with E-state index in [9.17, 15) is 13.2 Å². The Balaban J connectivity index is 2.87. The van der Waals surface area contributed by atoms with Crippen molar-refractivity contribution in [3.8, 4) is 0 Å². The SMILES string of the molecule is CCc1ccccc1NC(F)(F)F. The molecule has 0 heterocycles. The van der Waals surface area contributed by atoms with E-state index in [0.717, 1.165) is 0 Å². The molecule has 72 valence electrons. The van der Waals surface area contributed by atoms with Crippen LogP contribution in [0.1, 0.15) is 12.5 Å². The standard InChI is InChI=1S/C9H10F3N/c1-2-7-5-3-4-6-8(7)13-9(10,11)12/h3-6,13H,2H2,1H3. The predicted molar refractivity (Wildman–Crippen MR) is 45.5 cm³/mol. The molecule has 0 aliphatic rings. The molecule has 0 amide bonds. The van der Waals surface area contributed by atoms with E-state index in [0.29, 0.717) is 12.0 Å². The monoisotopic (exact) mass is 189 g/mol. The molecule has 1 N–H and O–H groups in total. The van der Waals surface area contributed by atoms with Gasteiger partial charge in [-0.3, -0.25) is 5.32 Å². The van der Waals surface area contributed by atoms with E-state index in [2.05, 4.69) is 0 Å². The second kappa shape index (κ2) is 3.68. The zero-order valence-corrected chi connectivity index (χ0v) is 7.15. The first-order valence-electron chi connectivity index (χ1n) is 3.95. The van der Waals surface area contributed by atoms with Gasteiger partial charge in [0.2, 0.25) is 0 Å². The minimum absolute atomic E-state index is 0.137. The molecule has 0 saturated carbocycles. The lowest BCUT2D eigenvalue weighted by molar-refractivity contribution is -0.0999. The van der Waals surface area contributed by atoms with Crippen LogP contribution >= 0.6 is 0 Å². The van der Waals surface area contributed by atoms with Crippen LogP contribution in [-0.2, 0) is 6.42 Å². The van der Waals surface area contributed by atoms with Crippen molar-refractivity contribution in [2.24, 2.45) is 0 Å². The van der Waals surface area contributed by atoms with Crippen LogP contribution in [0.25, 0.3) is 0 Å². The Morgan fingerprint density at radius 3 is 2.38 bits per heavy atom. The van der Waals surface area contributed by atoms with E-state index in [1.807, 2.05) is 6.92 Å². The summed E-state index contributed by atoms with van der Waals surface area (Å²) < 4.78 is 35.8. The van der Waals surface area contributed by atoms with Gasteiger partial charge in [-0.05, 0) is 18.1 Å². The second-order valence-corrected chi connectivity index (χ2v) is 2.63. The average molecular weight is 189 g/mol. The number of benzene rings is 1. The number of rotatable bonds is 2. The summed E-state index contributed by atoms with van der Waals surface area (Å²) in [6.45, 7) is 1.82. The Labute approximate surface area is 74.6 Å². The Morgan fingerprint density at radius 2 is 1.85 bits per heavy atom. The summed E-state index contributed by atoms with van der Waals surface area (Å²) >= 11 is 0. The summed E-state index contributed by atoms with van der Waals surface area (Å²) in [4.78, 5) is 0. The van der Waals surface area contributed by atoms with Gasteiger partial charge in [0.25, 0.3) is 0 Å². The number of hydrogen-bond donors (Lipinski definition) is 1. The van der Waals surface area contributed by atoms with E-state index >= 15 is 0 Å². The average Bonchev–Trinajstić information content (AvgIpc) is 2.02. The van der Waals surface area contributed by atoms with Gasteiger partial charge in [0.05, 0.1) is 0 Å². The molecule has 0 atom stereocenters. The van der Waals surface area contributed by atoms with Crippen LogP contribution in [0.4, 0.5) is 18.9 Å². The summed E-state index contributed by atoms with van der Waals surface area (Å²) in [7, 11) is 0. The van der Waals surface area contributed by atoms with Crippen molar-refractivity contribution in [3.05, 3.63) is 29.8 Å². The van der Waals surface area contributed by atoms with Crippen molar-refractivity contribution in [2.75, 3.05) is 5.32 Å². The van der Waals surface area contributed by atoms with Gasteiger partial charge in [-0.15, -0.1) is 0 Å². The number of aryl methyl sites for hydroxylation is 1. The molecule has 0 spiro atoms. The molecule has 1 aromatic rings. The number of alkyl halides is 3. The first-order chi connectivity index (χ1) is 6.03. The molecule has 0 radical (unpaired) electrons. The maximum Gasteiger partial charge on any atom is 0.482 e. The normalized spacial score (nSPS) is 11.4. The Bertz CT molecular complexity index is 280. The molecule has 0 aliphatic heterocycles. The van der Waals surface area contributed by atoms with Crippen LogP contribution < -0.4 is 5.32 Å². The minimum Gasteiger partial charge on any atom is -0.297 e. The van der Waals surface area contributed by atoms with E-state index in [4.69, 9.17) is 0 Å². The zero-order valence-electron chi connectivity index (χ0n) is 7.15. The van der Waals surface area contributed by atoms with Gasteiger partial charge < -0.3 is 0 Å². The van der Waals surface area contributed by atoms with Gasteiger partial charge in [-0.25, -0.2) is 0 Å². The lowest BCUT2D eigenvalue weighted by Gasteiger charge is -2.12. The van der Waals surface area contributed by atoms with Crippen LogP contribution in [-0.4, -0.2) is 6.30 Å². The molecule has 0 saturated heterocycles. The van der Waals surface area contributed by atoms with E-state index in [-0.39, 0.29) is 5.69 Å². The Hall–Kier alpha value is -1.19. The fraction of sp³-hybridized carbons (Fsp3) is 0.333. The third-order valence-corrected chi connectivity index (χ3v) is 1.67. The summed E-state index contributed by atoms with van der Waals surface area (Å²) in [5.74, 6) is 0. The molecule has 1 aromatic carbocycles. The zero-order chi connectivity index (χ0) is 9.90. The fourth-order valence-corrected chi connectivity index (χ4v) is 1.10. The van der Waals surface area contributed by atoms with E-state index < -0.39 is 6.30 Å². The lowest BCUT2D eigenvalue weighted by Crippen LogP contribution is -2.21. The highest BCUT2D eigenvalue weighted by Crippen LogP contribution is 2.23. The molecule has 13 heavy (non-hydrogen) atoms. The molecular formula is C9H10F3N. The van der Waals surface area contributed by atoms with Crippen molar-refractivity contribution in [3.63, 3.8) is 0 Å². The van der Waals surface area contributed by atoms with Crippen LogP contribution in [0, 0.1) is 0 Å². The van der Waals surface area contributed by atoms with Crippen LogP contribution in [0.3, 0.4) is 0 Å². The molecule has 4 heteroatoms. The maximum atomic E-state index is 11.9. The van der Waals surface area contributed by atoms with Crippen molar-refractivity contribution >= 4 is 5.69 Å². The molecule has 1 rings (SSSR count). The Kier molecular flexibility index (Phi) is 2.80. The quantitative estimate of drug-likeness (QED) is 0.704. The predicted octanol–water partition coefficient (Wildman–Crippen LogP) is 3.18. The fourth-order valence-electron chi connectivity index (χ4n) is 1.10. The van der Waals surface area contributed by atoms with Gasteiger partial charge in [0.15, 0.2) is 0 Å². The number of para-hydroxylation sites is 1. The van der Waals surface area contributed by atoms with E-state index in [1.165, 1.54) is 11.4 Å². The maximum absolute atomic E-state index is 11.9. The summed E-state index contributed by atoms with van der Waals surface area (Å²) in [5, 5.41) is 1.50. The van der Waals surface area contributed by atoms with Crippen LogP contribution in [0.5, 0.6) is 0 Å². The van der Waals surface area contributed by atoms with Crippen molar-refractivity contribution in [2.45, 2.75) is 19.6 Å². The van der Waals surface area contributed by atoms with Gasteiger partial charge >= 0.3 is 6.30 Å². The smallest absolute Gasteiger partial charge is 0.297 e. The second-order valence-electron chi connectivity index (χ2n) is 2.63. The van der Waals surface area contributed by atoms with Gasteiger partial charge in [0.1, 0.15) is 0 Å². The first kappa shape index (κ1) is 9.89. The van der Waals surface area contributed by atoms with Gasteiger partial charge in [-0.2, -0.15) is 13.2 Å². The summed E-state index contributed by atoms with van der Waals surface area (Å²) in [5.41, 5.74) is 0.803. The lowest BCUT2D eigenvalue weighted by atomic mass is 10.1. The summed E-state index contributed by atoms with van der Waals surface area (Å²) in [6.07, 6.45) is -3.77. The third kappa shape index (κ3) is 2.97. The number of halogens is 3. The molecule has 0 bridgehead atoms. The number of nitrogens with one attached hydrogen (secondary N) is 1. The molecule has 0 aromatic heterocycles. The molecule has 1 nitrogen and oxygen atoms in total. The Morgan fingerprint density at radius 1 is 1.23 bits per heavy atom. The first-order valence-corrected chi connectivity index (χ1v) is 3.95. The van der Waals surface area contributed by atoms with Gasteiger partial charge in [-0.1, -0.05) is 25.1 Å². The summed E-state index contributed by atoms with van der Waals surface area (Å²) in [6, 6.07) is 6.40. The highest BCUT2D eigenvalue weighted by Gasteiger charge is 2.27. The van der Waals surface area contributed by atoms with Crippen molar-refractivity contribution < 1.29 is 13.2 Å². The molecule has 0 aliphatic carbocycles. The van der Waals surface area contributed by atoms with Gasteiger partial charge in [0, 0.05) is 5.69 Å². The van der Waals surface area contributed by atoms with E-state index in [1.54, 1.807) is 18.2 Å². The minimum atomic E-state index is -4.36. The van der Waals surface area contributed by atoms with Crippen molar-refractivity contribution in [1.29, 1.82) is 0 Å². The highest BCUT2D eigenvalue weighted by atomic mass is 19.4. The molecule has 0 fully saturated rings. The molecular weight excluding hydrogens is 179 g/mol. The number of anilines is 1. The molecule has 0 unspecified atom stereocenters. The van der Waals surface area contributed by atoms with Crippen LogP contribution in [0.15, 0.2) is 24.3 Å².